The summed E-state index contributed by atoms with van der Waals surface area (Å²) in [6.45, 7) is 15.9. The molecule has 0 aromatic heterocycles. The molecular weight excluding hydrogens is 434 g/mol. The molecule has 2 heterocycles. The normalized spacial score (nSPS) is 53.4. The van der Waals surface area contributed by atoms with E-state index >= 15 is 0 Å². The Morgan fingerprint density at radius 2 is 0.750 bits per heavy atom. The van der Waals surface area contributed by atoms with Gasteiger partial charge in [0.15, 0.2) is 0 Å². The first kappa shape index (κ1) is 23.6. The summed E-state index contributed by atoms with van der Waals surface area (Å²) in [7, 11) is 0. The summed E-state index contributed by atoms with van der Waals surface area (Å²) < 4.78 is 0. The van der Waals surface area contributed by atoms with E-state index in [1.54, 1.807) is 64.2 Å². The van der Waals surface area contributed by atoms with Gasteiger partial charge in [0.2, 0.25) is 0 Å². The van der Waals surface area contributed by atoms with Crippen molar-refractivity contribution in [3.05, 3.63) is 0 Å². The third kappa shape index (κ3) is 3.06. The van der Waals surface area contributed by atoms with Crippen LogP contribution in [0.4, 0.5) is 0 Å². The van der Waals surface area contributed by atoms with Gasteiger partial charge in [0.25, 0.3) is 0 Å². The first-order valence-corrected chi connectivity index (χ1v) is 16.5. The Kier molecular flexibility index (Phi) is 5.04. The van der Waals surface area contributed by atoms with Crippen molar-refractivity contribution >= 4 is 13.9 Å². The van der Waals surface area contributed by atoms with Crippen LogP contribution >= 0.6 is 0 Å². The Bertz CT molecular complexity index is 806. The van der Waals surface area contributed by atoms with Crippen molar-refractivity contribution in [2.24, 2.45) is 47.3 Å². The molecule has 0 atom stereocenters. The molecule has 0 aromatic rings. The summed E-state index contributed by atoms with van der Waals surface area (Å²) in [5, 5.41) is 0. The molecule has 10 aliphatic rings. The van der Waals surface area contributed by atoms with Crippen molar-refractivity contribution in [3.8, 4) is 0 Å². The number of hydrogen-bond donors (Lipinski definition) is 0. The van der Waals surface area contributed by atoms with Crippen LogP contribution in [0.5, 0.6) is 0 Å². The van der Waals surface area contributed by atoms with E-state index in [9.17, 15) is 0 Å². The van der Waals surface area contributed by atoms with Crippen molar-refractivity contribution < 1.29 is 0 Å². The first-order valence-electron chi connectivity index (χ1n) is 16.5. The monoisotopic (exact) mass is 486 g/mol. The van der Waals surface area contributed by atoms with Gasteiger partial charge in [0, 0.05) is 0 Å². The van der Waals surface area contributed by atoms with E-state index in [-0.39, 0.29) is 0 Å². The van der Waals surface area contributed by atoms with Crippen LogP contribution in [0.25, 0.3) is 0 Å². The van der Waals surface area contributed by atoms with Crippen LogP contribution in [0.2, 0.25) is 0 Å². The van der Waals surface area contributed by atoms with E-state index in [0.717, 1.165) is 47.3 Å². The fraction of sp³-hybridized carbons (Fsp3) is 1.00. The fourth-order valence-electron chi connectivity index (χ4n) is 13.6. The fourth-order valence-corrected chi connectivity index (χ4v) is 13.6. The summed E-state index contributed by atoms with van der Waals surface area (Å²) in [4.78, 5) is 6.12. The molecule has 8 bridgehead atoms. The Morgan fingerprint density at radius 3 is 1.06 bits per heavy atom. The SMILES string of the molecule is CC1(C)CCCC2(C3CC4CC(C3)CC2C4)N1B=BN1C(C)(C)CCCC12C1CC3CC(C1)CC2C3. The van der Waals surface area contributed by atoms with Crippen LogP contribution in [0, 0.1) is 47.3 Å². The molecule has 196 valence electrons. The van der Waals surface area contributed by atoms with Crippen molar-refractivity contribution in [2.75, 3.05) is 0 Å². The van der Waals surface area contributed by atoms with Crippen LogP contribution in [-0.4, -0.2) is 45.7 Å². The Hall–Kier alpha value is -0.270. The molecule has 8 aliphatic carbocycles. The van der Waals surface area contributed by atoms with Crippen LogP contribution in [0.1, 0.15) is 130 Å². The molecule has 8 saturated carbocycles. The maximum atomic E-state index is 3.06. The van der Waals surface area contributed by atoms with Gasteiger partial charge < -0.3 is 0 Å². The summed E-state index contributed by atoms with van der Waals surface area (Å²) in [6, 6.07) is 0. The van der Waals surface area contributed by atoms with Crippen LogP contribution in [-0.2, 0) is 0 Å². The zero-order valence-electron chi connectivity index (χ0n) is 24.0. The van der Waals surface area contributed by atoms with E-state index in [0.29, 0.717) is 22.2 Å². The molecule has 2 nitrogen and oxygen atoms in total. The number of nitrogens with zero attached hydrogens (tertiary/aromatic N) is 2. The summed E-state index contributed by atoms with van der Waals surface area (Å²) in [5.41, 5.74) is 1.51. The van der Waals surface area contributed by atoms with Gasteiger partial charge in [0.05, 0.1) is 0 Å². The second kappa shape index (κ2) is 7.68. The van der Waals surface area contributed by atoms with Crippen molar-refractivity contribution in [2.45, 2.75) is 153 Å². The molecule has 36 heavy (non-hydrogen) atoms. The van der Waals surface area contributed by atoms with Gasteiger partial charge in [0.1, 0.15) is 0 Å². The summed E-state index contributed by atoms with van der Waals surface area (Å²) >= 11 is 0. The van der Waals surface area contributed by atoms with Gasteiger partial charge in [-0.2, -0.15) is 0 Å². The molecule has 0 aromatic carbocycles. The molecule has 0 unspecified atom stereocenters. The third-order valence-electron chi connectivity index (χ3n) is 14.4. The van der Waals surface area contributed by atoms with Crippen molar-refractivity contribution in [1.29, 1.82) is 0 Å². The van der Waals surface area contributed by atoms with Gasteiger partial charge in [-0.3, -0.25) is 0 Å². The van der Waals surface area contributed by atoms with Gasteiger partial charge in [-0.05, 0) is 0 Å². The molecule has 10 rings (SSSR count). The van der Waals surface area contributed by atoms with Crippen molar-refractivity contribution in [1.82, 2.24) is 9.62 Å². The predicted octanol–water partition coefficient (Wildman–Crippen LogP) is 7.06. The minimum absolute atomic E-state index is 0.293. The number of hydrogen-bond acceptors (Lipinski definition) is 2. The van der Waals surface area contributed by atoms with E-state index in [1.807, 2.05) is 0 Å². The molecule has 4 heteroatoms. The topological polar surface area (TPSA) is 6.48 Å². The van der Waals surface area contributed by atoms with Crippen molar-refractivity contribution in [3.63, 3.8) is 0 Å². The van der Waals surface area contributed by atoms with E-state index in [1.165, 1.54) is 38.5 Å². The van der Waals surface area contributed by atoms with Crippen LogP contribution in [0.3, 0.4) is 0 Å². The Morgan fingerprint density at radius 1 is 0.444 bits per heavy atom. The number of piperidine rings is 2. The molecular formula is C32H52B2N2. The van der Waals surface area contributed by atoms with E-state index in [4.69, 9.17) is 0 Å². The standard InChI is InChI=1S/C32H52B2N2/c1-29(2)7-5-9-31(25-13-21-11-22(15-25)16-26(31)14-21)35(29)33-34-36-30(3,4)8-6-10-32(36)27-17-23-12-24(19-27)20-28(32)18-23/h21-28H,5-20H2,1-4H3. The second-order valence-corrected chi connectivity index (χ2v) is 17.0. The zero-order valence-corrected chi connectivity index (χ0v) is 24.0. The molecule has 10 fully saturated rings. The van der Waals surface area contributed by atoms with E-state index < -0.39 is 0 Å². The molecule has 0 radical (unpaired) electrons. The van der Waals surface area contributed by atoms with E-state index in [2.05, 4.69) is 51.2 Å². The summed E-state index contributed by atoms with van der Waals surface area (Å²) in [6.07, 6.45) is 24.0. The van der Waals surface area contributed by atoms with Gasteiger partial charge in [-0.1, -0.05) is 0 Å². The van der Waals surface area contributed by atoms with Crippen LogP contribution in [0.15, 0.2) is 0 Å². The molecule has 2 spiro atoms. The molecule has 2 saturated heterocycles. The number of rotatable bonds is 2. The van der Waals surface area contributed by atoms with Gasteiger partial charge in [-0.15, -0.1) is 0 Å². The molecule has 0 N–H and O–H groups in total. The third-order valence-corrected chi connectivity index (χ3v) is 14.4. The van der Waals surface area contributed by atoms with Crippen LogP contribution < -0.4 is 0 Å². The predicted molar refractivity (Wildman–Crippen MR) is 151 cm³/mol. The average Bonchev–Trinajstić information content (AvgIpc) is 2.80. The summed E-state index contributed by atoms with van der Waals surface area (Å²) in [5.74, 6) is 8.09. The molecule has 0 amide bonds. The second-order valence-electron chi connectivity index (χ2n) is 17.0. The molecule has 2 aliphatic heterocycles. The quantitative estimate of drug-likeness (QED) is 0.386. The zero-order chi connectivity index (χ0) is 24.5. The first-order chi connectivity index (χ1) is 17.2. The van der Waals surface area contributed by atoms with Gasteiger partial charge >= 0.3 is 223 Å². The minimum atomic E-state index is 0.293. The Balaban J connectivity index is 1.19. The average molecular weight is 486 g/mol. The Labute approximate surface area is 223 Å². The van der Waals surface area contributed by atoms with Gasteiger partial charge in [-0.25, -0.2) is 0 Å². The maximum absolute atomic E-state index is 3.06.